The first-order valence-corrected chi connectivity index (χ1v) is 8.08. The smallest absolute Gasteiger partial charge is 0.244 e. The third kappa shape index (κ3) is 2.47. The van der Waals surface area contributed by atoms with Gasteiger partial charge in [0.15, 0.2) is 0 Å². The molecular weight excluding hydrogens is 328 g/mol. The van der Waals surface area contributed by atoms with Gasteiger partial charge in [-0.15, -0.1) is 5.10 Å². The fourth-order valence-electron chi connectivity index (χ4n) is 3.22. The molecule has 6 heteroatoms. The second-order valence-corrected chi connectivity index (χ2v) is 5.88. The quantitative estimate of drug-likeness (QED) is 0.760. The van der Waals surface area contributed by atoms with E-state index in [-0.39, 0.29) is 5.88 Å². The van der Waals surface area contributed by atoms with Crippen molar-refractivity contribution in [3.05, 3.63) is 77.2 Å². The minimum Gasteiger partial charge on any atom is -0.497 e. The monoisotopic (exact) mass is 344 g/mol. The van der Waals surface area contributed by atoms with Crippen LogP contribution < -0.4 is 15.2 Å². The van der Waals surface area contributed by atoms with E-state index in [4.69, 9.17) is 15.2 Å². The normalized spacial score (nSPS) is 15.8. The molecule has 0 fully saturated rings. The number of aromatic amines is 1. The number of ether oxygens (including phenoxy) is 2. The number of benzene rings is 2. The van der Waals surface area contributed by atoms with E-state index in [9.17, 15) is 5.26 Å². The van der Waals surface area contributed by atoms with Crippen LogP contribution in [0.4, 0.5) is 0 Å². The highest BCUT2D eigenvalue weighted by atomic mass is 16.5. The van der Waals surface area contributed by atoms with Crippen molar-refractivity contribution >= 4 is 0 Å². The van der Waals surface area contributed by atoms with Crippen LogP contribution in [-0.4, -0.2) is 17.3 Å². The molecule has 0 amide bonds. The van der Waals surface area contributed by atoms with Crippen LogP contribution in [0.2, 0.25) is 0 Å². The van der Waals surface area contributed by atoms with Crippen LogP contribution >= 0.6 is 0 Å². The maximum Gasteiger partial charge on any atom is 0.244 e. The van der Waals surface area contributed by atoms with Gasteiger partial charge >= 0.3 is 0 Å². The van der Waals surface area contributed by atoms with Gasteiger partial charge in [-0.05, 0) is 23.3 Å². The standard InChI is InChI=1S/C20H16N4O2/c1-25-14-9-5-8-13(10-14)16-15(11-21)19(22)26-20-17(16)18(23-24-20)12-6-3-2-4-7-12/h2-10,16H,22H2,1H3,(H,23,24)/t16-/m1/s1. The number of hydrogen-bond acceptors (Lipinski definition) is 5. The van der Waals surface area contributed by atoms with Gasteiger partial charge in [-0.2, -0.15) is 5.26 Å². The minimum absolute atomic E-state index is 0.0685. The number of nitrogens with one attached hydrogen (secondary N) is 1. The summed E-state index contributed by atoms with van der Waals surface area (Å²) < 4.78 is 10.9. The van der Waals surface area contributed by atoms with E-state index < -0.39 is 5.92 Å². The molecule has 1 atom stereocenters. The highest BCUT2D eigenvalue weighted by Crippen LogP contribution is 2.45. The number of nitriles is 1. The lowest BCUT2D eigenvalue weighted by molar-refractivity contribution is 0.378. The van der Waals surface area contributed by atoms with Gasteiger partial charge in [0, 0.05) is 0 Å². The van der Waals surface area contributed by atoms with Crippen molar-refractivity contribution in [1.29, 1.82) is 5.26 Å². The van der Waals surface area contributed by atoms with Crippen LogP contribution in [-0.2, 0) is 0 Å². The van der Waals surface area contributed by atoms with Gasteiger partial charge in [-0.25, -0.2) is 0 Å². The van der Waals surface area contributed by atoms with Gasteiger partial charge in [-0.3, -0.25) is 5.10 Å². The molecule has 2 aromatic carbocycles. The number of methoxy groups -OCH3 is 1. The summed E-state index contributed by atoms with van der Waals surface area (Å²) in [5, 5.41) is 17.0. The summed E-state index contributed by atoms with van der Waals surface area (Å²) in [6.07, 6.45) is 0. The number of nitrogens with zero attached hydrogens (tertiary/aromatic N) is 2. The number of aromatic nitrogens is 2. The Kier molecular flexibility index (Phi) is 3.82. The van der Waals surface area contributed by atoms with Gasteiger partial charge in [0.05, 0.1) is 24.3 Å². The molecule has 0 bridgehead atoms. The van der Waals surface area contributed by atoms with E-state index in [0.717, 1.165) is 22.4 Å². The minimum atomic E-state index is -0.396. The van der Waals surface area contributed by atoms with Crippen molar-refractivity contribution in [3.63, 3.8) is 0 Å². The van der Waals surface area contributed by atoms with Gasteiger partial charge in [-0.1, -0.05) is 42.5 Å². The van der Waals surface area contributed by atoms with Gasteiger partial charge < -0.3 is 15.2 Å². The topological polar surface area (TPSA) is 96.9 Å². The number of H-pyrrole nitrogens is 1. The zero-order chi connectivity index (χ0) is 18.1. The number of nitrogens with two attached hydrogens (primary N) is 1. The molecule has 4 rings (SSSR count). The lowest BCUT2D eigenvalue weighted by atomic mass is 9.83. The van der Waals surface area contributed by atoms with Gasteiger partial charge in [0.25, 0.3) is 0 Å². The number of allylic oxidation sites excluding steroid dienone is 1. The number of fused-ring (bicyclic) bond motifs is 1. The summed E-state index contributed by atoms with van der Waals surface area (Å²) >= 11 is 0. The Morgan fingerprint density at radius 1 is 1.19 bits per heavy atom. The van der Waals surface area contributed by atoms with Crippen LogP contribution in [0.1, 0.15) is 17.0 Å². The Bertz CT molecular complexity index is 1030. The van der Waals surface area contributed by atoms with Crippen molar-refractivity contribution in [1.82, 2.24) is 10.2 Å². The second-order valence-electron chi connectivity index (χ2n) is 5.88. The lowest BCUT2D eigenvalue weighted by Gasteiger charge is -2.24. The molecule has 26 heavy (non-hydrogen) atoms. The maximum absolute atomic E-state index is 9.71. The average molecular weight is 344 g/mol. The molecule has 3 aromatic rings. The van der Waals surface area contributed by atoms with Crippen molar-refractivity contribution < 1.29 is 9.47 Å². The fourth-order valence-corrected chi connectivity index (χ4v) is 3.22. The summed E-state index contributed by atoms with van der Waals surface area (Å²) in [5.41, 5.74) is 9.77. The van der Waals surface area contributed by atoms with E-state index >= 15 is 0 Å². The first kappa shape index (κ1) is 15.8. The molecule has 0 aliphatic carbocycles. The Balaban J connectivity index is 1.95. The molecule has 0 saturated heterocycles. The molecular formula is C20H16N4O2. The molecule has 1 aliphatic rings. The summed E-state index contributed by atoms with van der Waals surface area (Å²) in [7, 11) is 1.61. The third-order valence-corrected chi connectivity index (χ3v) is 4.43. The third-order valence-electron chi connectivity index (χ3n) is 4.43. The zero-order valence-corrected chi connectivity index (χ0v) is 14.1. The molecule has 0 saturated carbocycles. The van der Waals surface area contributed by atoms with Crippen LogP contribution in [0, 0.1) is 11.3 Å². The van der Waals surface area contributed by atoms with E-state index in [1.807, 2.05) is 54.6 Å². The number of hydrogen-bond donors (Lipinski definition) is 2. The first-order chi connectivity index (χ1) is 12.7. The van der Waals surface area contributed by atoms with Crippen molar-refractivity contribution in [2.45, 2.75) is 5.92 Å². The summed E-state index contributed by atoms with van der Waals surface area (Å²) in [5.74, 6) is 0.760. The predicted octanol–water partition coefficient (Wildman–Crippen LogP) is 3.30. The largest absolute Gasteiger partial charge is 0.497 e. The van der Waals surface area contributed by atoms with E-state index in [1.54, 1.807) is 7.11 Å². The van der Waals surface area contributed by atoms with Crippen LogP contribution in [0.5, 0.6) is 11.6 Å². The van der Waals surface area contributed by atoms with Crippen molar-refractivity contribution in [2.24, 2.45) is 5.73 Å². The summed E-state index contributed by atoms with van der Waals surface area (Å²) in [6.45, 7) is 0. The van der Waals surface area contributed by atoms with Gasteiger partial charge in [0.2, 0.25) is 11.8 Å². The molecule has 0 radical (unpaired) electrons. The average Bonchev–Trinajstić information content (AvgIpc) is 3.10. The van der Waals surface area contributed by atoms with E-state index in [0.29, 0.717) is 17.2 Å². The van der Waals surface area contributed by atoms with E-state index in [1.165, 1.54) is 0 Å². The Labute approximate surface area is 150 Å². The SMILES string of the molecule is COc1cccc([C@@H]2C(C#N)=C(N)Oc3n[nH]c(-c4ccccc4)c32)c1. The Morgan fingerprint density at radius 3 is 2.73 bits per heavy atom. The molecule has 1 aromatic heterocycles. The zero-order valence-electron chi connectivity index (χ0n) is 14.1. The predicted molar refractivity (Wildman–Crippen MR) is 96.3 cm³/mol. The summed E-state index contributed by atoms with van der Waals surface area (Å²) in [6, 6.07) is 19.6. The summed E-state index contributed by atoms with van der Waals surface area (Å²) in [4.78, 5) is 0. The van der Waals surface area contributed by atoms with Crippen molar-refractivity contribution in [3.8, 4) is 29.0 Å². The first-order valence-electron chi connectivity index (χ1n) is 8.08. The molecule has 3 N–H and O–H groups in total. The molecule has 6 nitrogen and oxygen atoms in total. The van der Waals surface area contributed by atoms with Crippen LogP contribution in [0.25, 0.3) is 11.3 Å². The Hall–Kier alpha value is -3.72. The molecule has 2 heterocycles. The van der Waals surface area contributed by atoms with Crippen LogP contribution in [0.15, 0.2) is 66.1 Å². The van der Waals surface area contributed by atoms with E-state index in [2.05, 4.69) is 16.3 Å². The number of rotatable bonds is 3. The Morgan fingerprint density at radius 2 is 2.00 bits per heavy atom. The van der Waals surface area contributed by atoms with Gasteiger partial charge in [0.1, 0.15) is 17.4 Å². The molecule has 1 aliphatic heterocycles. The fraction of sp³-hybridized carbons (Fsp3) is 0.100. The molecule has 128 valence electrons. The molecule has 0 spiro atoms. The maximum atomic E-state index is 9.71. The highest BCUT2D eigenvalue weighted by molar-refractivity contribution is 5.70. The highest BCUT2D eigenvalue weighted by Gasteiger charge is 2.35. The molecule has 0 unspecified atom stereocenters. The van der Waals surface area contributed by atoms with Crippen LogP contribution in [0.3, 0.4) is 0 Å². The second kappa shape index (κ2) is 6.30. The van der Waals surface area contributed by atoms with Crippen molar-refractivity contribution in [2.75, 3.05) is 7.11 Å². The lowest BCUT2D eigenvalue weighted by Crippen LogP contribution is -2.21.